The van der Waals surface area contributed by atoms with E-state index in [-0.39, 0.29) is 10.6 Å². The molecule has 0 nitrogen and oxygen atoms in total. The highest BCUT2D eigenvalue weighted by molar-refractivity contribution is 9.10. The summed E-state index contributed by atoms with van der Waals surface area (Å²) in [7, 11) is 0. The van der Waals surface area contributed by atoms with Crippen molar-refractivity contribution in [2.75, 3.05) is 0 Å². The smallest absolute Gasteiger partial charge is 0.137 e. The van der Waals surface area contributed by atoms with Gasteiger partial charge in [-0.1, -0.05) is 59.6 Å². The molecule has 0 saturated heterocycles. The van der Waals surface area contributed by atoms with Crippen molar-refractivity contribution in [1.29, 1.82) is 0 Å². The van der Waals surface area contributed by atoms with E-state index >= 15 is 0 Å². The molecule has 0 saturated carbocycles. The number of rotatable bonds is 4. The number of alkyl halides is 1. The van der Waals surface area contributed by atoms with Crippen molar-refractivity contribution in [3.63, 3.8) is 0 Å². The van der Waals surface area contributed by atoms with Crippen molar-refractivity contribution in [3.8, 4) is 0 Å². The molecule has 0 aromatic heterocycles. The summed E-state index contributed by atoms with van der Waals surface area (Å²) in [5.74, 6) is -0.234. The molecular weight excluding hydrogens is 371 g/mol. The van der Waals surface area contributed by atoms with Gasteiger partial charge in [-0.2, -0.15) is 0 Å². The predicted molar refractivity (Wildman–Crippen MR) is 85.3 cm³/mol. The monoisotopic (exact) mass is 384 g/mol. The van der Waals surface area contributed by atoms with Crippen LogP contribution < -0.4 is 0 Å². The molecule has 3 heteroatoms. The standard InChI is InChI=1S/C16H15Br2F/c1-2-3-11-4-6-12(7-5-11)16(18)13-8-9-15(19)14(17)10-13/h4-10,16H,2-3H2,1H3. The first kappa shape index (κ1) is 14.7. The Morgan fingerprint density at radius 1 is 1.05 bits per heavy atom. The Morgan fingerprint density at radius 2 is 1.68 bits per heavy atom. The van der Waals surface area contributed by atoms with Crippen LogP contribution in [0.4, 0.5) is 4.39 Å². The van der Waals surface area contributed by atoms with E-state index < -0.39 is 0 Å². The van der Waals surface area contributed by atoms with Gasteiger partial charge in [0.1, 0.15) is 5.82 Å². The third-order valence-corrected chi connectivity index (χ3v) is 4.71. The molecular formula is C16H15Br2F. The fourth-order valence-electron chi connectivity index (χ4n) is 2.00. The molecule has 19 heavy (non-hydrogen) atoms. The SMILES string of the molecule is CCCc1ccc(C(Br)c2ccc(F)c(Br)c2)cc1. The zero-order valence-corrected chi connectivity index (χ0v) is 13.8. The van der Waals surface area contributed by atoms with E-state index in [1.54, 1.807) is 6.07 Å². The molecule has 1 unspecified atom stereocenters. The van der Waals surface area contributed by atoms with Gasteiger partial charge in [-0.15, -0.1) is 0 Å². The summed E-state index contributed by atoms with van der Waals surface area (Å²) in [5, 5.41) is 0. The summed E-state index contributed by atoms with van der Waals surface area (Å²) >= 11 is 6.90. The molecule has 0 heterocycles. The maximum Gasteiger partial charge on any atom is 0.137 e. The van der Waals surface area contributed by atoms with E-state index in [1.807, 2.05) is 6.07 Å². The second-order valence-corrected chi connectivity index (χ2v) is 6.30. The van der Waals surface area contributed by atoms with Gasteiger partial charge >= 0.3 is 0 Å². The Kier molecular flexibility index (Phi) is 5.17. The molecule has 2 aromatic carbocycles. The van der Waals surface area contributed by atoms with Gasteiger partial charge in [0.25, 0.3) is 0 Å². The van der Waals surface area contributed by atoms with E-state index in [9.17, 15) is 4.39 Å². The third-order valence-electron chi connectivity index (χ3n) is 3.05. The largest absolute Gasteiger partial charge is 0.206 e. The van der Waals surface area contributed by atoms with Gasteiger partial charge in [0.05, 0.1) is 9.30 Å². The fourth-order valence-corrected chi connectivity index (χ4v) is 2.99. The average Bonchev–Trinajstić information content (AvgIpc) is 2.42. The van der Waals surface area contributed by atoms with Gasteiger partial charge in [0.15, 0.2) is 0 Å². The summed E-state index contributed by atoms with van der Waals surface area (Å²) in [5.41, 5.74) is 3.57. The van der Waals surface area contributed by atoms with Gasteiger partial charge in [-0.3, -0.25) is 0 Å². The molecule has 1 atom stereocenters. The second-order valence-electron chi connectivity index (χ2n) is 4.53. The van der Waals surface area contributed by atoms with E-state index in [2.05, 4.69) is 63.0 Å². The summed E-state index contributed by atoms with van der Waals surface area (Å²) in [4.78, 5) is 0.0834. The molecule has 0 fully saturated rings. The van der Waals surface area contributed by atoms with E-state index in [0.29, 0.717) is 4.47 Å². The third kappa shape index (κ3) is 3.67. The quantitative estimate of drug-likeness (QED) is 0.564. The number of aryl methyl sites for hydroxylation is 1. The van der Waals surface area contributed by atoms with Crippen LogP contribution in [0.5, 0.6) is 0 Å². The van der Waals surface area contributed by atoms with Gasteiger partial charge < -0.3 is 0 Å². The predicted octanol–water partition coefficient (Wildman–Crippen LogP) is 6.03. The van der Waals surface area contributed by atoms with E-state index in [1.165, 1.54) is 17.2 Å². The van der Waals surface area contributed by atoms with Gasteiger partial charge in [-0.25, -0.2) is 4.39 Å². The van der Waals surface area contributed by atoms with Crippen LogP contribution in [-0.2, 0) is 6.42 Å². The van der Waals surface area contributed by atoms with Crippen LogP contribution in [0.2, 0.25) is 0 Å². The lowest BCUT2D eigenvalue weighted by atomic mass is 10.0. The van der Waals surface area contributed by atoms with Crippen molar-refractivity contribution in [2.24, 2.45) is 0 Å². The second kappa shape index (κ2) is 6.67. The zero-order valence-electron chi connectivity index (χ0n) is 10.7. The Balaban J connectivity index is 2.22. The van der Waals surface area contributed by atoms with E-state index in [0.717, 1.165) is 18.4 Å². The Morgan fingerprint density at radius 3 is 2.26 bits per heavy atom. The minimum absolute atomic E-state index is 0.0834. The lowest BCUT2D eigenvalue weighted by Crippen LogP contribution is -1.94. The number of hydrogen-bond donors (Lipinski definition) is 0. The normalized spacial score (nSPS) is 12.4. The molecule has 100 valence electrons. The average molecular weight is 386 g/mol. The molecule has 0 N–H and O–H groups in total. The van der Waals surface area contributed by atoms with Crippen molar-refractivity contribution in [1.82, 2.24) is 0 Å². The molecule has 0 aliphatic rings. The fraction of sp³-hybridized carbons (Fsp3) is 0.250. The first-order valence-electron chi connectivity index (χ1n) is 6.29. The minimum Gasteiger partial charge on any atom is -0.206 e. The summed E-state index contributed by atoms with van der Waals surface area (Å²) in [6.07, 6.45) is 2.26. The lowest BCUT2D eigenvalue weighted by Gasteiger charge is -2.12. The molecule has 0 spiro atoms. The summed E-state index contributed by atoms with van der Waals surface area (Å²) < 4.78 is 13.7. The highest BCUT2D eigenvalue weighted by Crippen LogP contribution is 2.33. The Labute approximate surface area is 130 Å². The van der Waals surface area contributed by atoms with Crippen molar-refractivity contribution in [3.05, 3.63) is 69.4 Å². The molecule has 2 rings (SSSR count). The Hall–Kier alpha value is -0.670. The lowest BCUT2D eigenvalue weighted by molar-refractivity contribution is 0.620. The summed E-state index contributed by atoms with van der Waals surface area (Å²) in [6.45, 7) is 2.18. The molecule has 0 bridgehead atoms. The first-order valence-corrected chi connectivity index (χ1v) is 8.00. The van der Waals surface area contributed by atoms with Crippen LogP contribution >= 0.6 is 31.9 Å². The zero-order chi connectivity index (χ0) is 13.8. The van der Waals surface area contributed by atoms with Crippen molar-refractivity contribution in [2.45, 2.75) is 24.6 Å². The van der Waals surface area contributed by atoms with Gasteiger partial charge in [-0.05, 0) is 51.2 Å². The molecule has 0 radical (unpaired) electrons. The van der Waals surface area contributed by atoms with Crippen molar-refractivity contribution < 1.29 is 4.39 Å². The minimum atomic E-state index is -0.234. The van der Waals surface area contributed by atoms with E-state index in [4.69, 9.17) is 0 Å². The van der Waals surface area contributed by atoms with Crippen LogP contribution in [0.1, 0.15) is 34.9 Å². The highest BCUT2D eigenvalue weighted by Gasteiger charge is 2.12. The van der Waals surface area contributed by atoms with Crippen LogP contribution in [0.3, 0.4) is 0 Å². The van der Waals surface area contributed by atoms with Crippen LogP contribution in [0.25, 0.3) is 0 Å². The topological polar surface area (TPSA) is 0 Å². The number of benzene rings is 2. The maximum absolute atomic E-state index is 13.2. The molecule has 2 aromatic rings. The maximum atomic E-state index is 13.2. The van der Waals surface area contributed by atoms with Crippen LogP contribution in [0, 0.1) is 5.82 Å². The summed E-state index contributed by atoms with van der Waals surface area (Å²) in [6, 6.07) is 13.7. The van der Waals surface area contributed by atoms with Crippen LogP contribution in [0.15, 0.2) is 46.9 Å². The number of hydrogen-bond acceptors (Lipinski definition) is 0. The van der Waals surface area contributed by atoms with Gasteiger partial charge in [0, 0.05) is 0 Å². The molecule has 0 aliphatic carbocycles. The van der Waals surface area contributed by atoms with Crippen LogP contribution in [-0.4, -0.2) is 0 Å². The number of halogens is 3. The highest BCUT2D eigenvalue weighted by atomic mass is 79.9. The Bertz CT molecular complexity index is 549. The van der Waals surface area contributed by atoms with Crippen molar-refractivity contribution >= 4 is 31.9 Å². The van der Waals surface area contributed by atoms with Gasteiger partial charge in [0.2, 0.25) is 0 Å². The molecule has 0 amide bonds. The first-order chi connectivity index (χ1) is 9.11. The molecule has 0 aliphatic heterocycles.